The second-order valence-electron chi connectivity index (χ2n) is 13.8. The monoisotopic (exact) mass is 720 g/mol. The second kappa shape index (κ2) is 14.1. The topological polar surface area (TPSA) is 6.48 Å². The molecule has 2 nitrogen and oxygen atoms in total. The van der Waals surface area contributed by atoms with Crippen LogP contribution in [0.4, 0.5) is 34.1 Å². The molecule has 0 aliphatic rings. The molecule has 0 radical (unpaired) electrons. The highest BCUT2D eigenvalue weighted by atomic mass is 32.1. The molecule has 9 aromatic carbocycles. The van der Waals surface area contributed by atoms with Crippen molar-refractivity contribution in [3.8, 4) is 22.3 Å². The Morgan fingerprint density at radius 3 is 1.18 bits per heavy atom. The Labute approximate surface area is 325 Å². The molecular formula is C52H36N2S. The van der Waals surface area contributed by atoms with Crippen LogP contribution in [0, 0.1) is 0 Å². The van der Waals surface area contributed by atoms with Gasteiger partial charge in [0, 0.05) is 42.9 Å². The summed E-state index contributed by atoms with van der Waals surface area (Å²) in [7, 11) is 0. The number of rotatable bonds is 8. The first kappa shape index (κ1) is 32.7. The minimum atomic E-state index is 1.09. The third-order valence-corrected chi connectivity index (χ3v) is 11.5. The molecule has 0 fully saturated rings. The van der Waals surface area contributed by atoms with Gasteiger partial charge in [-0.15, -0.1) is 11.3 Å². The molecule has 260 valence electrons. The van der Waals surface area contributed by atoms with Gasteiger partial charge in [0.25, 0.3) is 0 Å². The van der Waals surface area contributed by atoms with Gasteiger partial charge >= 0.3 is 0 Å². The van der Waals surface area contributed by atoms with Crippen LogP contribution in [0.3, 0.4) is 0 Å². The summed E-state index contributed by atoms with van der Waals surface area (Å²) >= 11 is 1.87. The molecular weight excluding hydrogens is 685 g/mol. The summed E-state index contributed by atoms with van der Waals surface area (Å²) < 4.78 is 2.53. The number of thiophene rings is 1. The molecule has 1 heterocycles. The van der Waals surface area contributed by atoms with Crippen molar-refractivity contribution >= 4 is 76.4 Å². The molecule has 55 heavy (non-hydrogen) atoms. The maximum atomic E-state index is 2.43. The molecule has 0 spiro atoms. The van der Waals surface area contributed by atoms with Crippen molar-refractivity contribution in [1.29, 1.82) is 0 Å². The van der Waals surface area contributed by atoms with Gasteiger partial charge in [-0.3, -0.25) is 0 Å². The van der Waals surface area contributed by atoms with E-state index >= 15 is 0 Å². The lowest BCUT2D eigenvalue weighted by atomic mass is 10.0. The molecule has 0 saturated heterocycles. The quantitative estimate of drug-likeness (QED) is 0.154. The summed E-state index contributed by atoms with van der Waals surface area (Å²) in [6, 6.07) is 79.0. The smallest absolute Gasteiger partial charge is 0.0716 e. The number of benzene rings is 9. The van der Waals surface area contributed by atoms with E-state index in [4.69, 9.17) is 0 Å². The van der Waals surface area contributed by atoms with Crippen LogP contribution < -0.4 is 9.80 Å². The maximum Gasteiger partial charge on any atom is 0.0716 e. The van der Waals surface area contributed by atoms with E-state index in [0.29, 0.717) is 0 Å². The van der Waals surface area contributed by atoms with E-state index in [9.17, 15) is 0 Å². The molecule has 0 aliphatic carbocycles. The number of nitrogens with zero attached hydrogens (tertiary/aromatic N) is 2. The normalized spacial score (nSPS) is 11.3. The summed E-state index contributed by atoms with van der Waals surface area (Å²) in [5.74, 6) is 0. The lowest BCUT2D eigenvalue weighted by Gasteiger charge is -2.33. The van der Waals surface area contributed by atoms with Crippen LogP contribution in [0.2, 0.25) is 0 Å². The molecule has 10 aromatic rings. The number of fused-ring (bicyclic) bond motifs is 4. The second-order valence-corrected chi connectivity index (χ2v) is 14.9. The molecule has 0 N–H and O–H groups in total. The number of hydrogen-bond acceptors (Lipinski definition) is 3. The van der Waals surface area contributed by atoms with Crippen molar-refractivity contribution in [3.05, 3.63) is 218 Å². The number of anilines is 6. The SMILES string of the molecule is c1ccc(-c2cccc(N(c3ccccc3)c3cc4sc5cc6ccccc6cc5c4cc3N(c3ccccc3)c3cccc(-c4ccccc4)c3)c2)cc1. The Hall–Kier alpha value is -6.94. The first-order valence-corrected chi connectivity index (χ1v) is 19.5. The van der Waals surface area contributed by atoms with Crippen molar-refractivity contribution < 1.29 is 0 Å². The summed E-state index contributed by atoms with van der Waals surface area (Å²) in [5, 5.41) is 5.03. The average molecular weight is 721 g/mol. The molecule has 0 bridgehead atoms. The summed E-state index contributed by atoms with van der Waals surface area (Å²) in [4.78, 5) is 4.86. The van der Waals surface area contributed by atoms with Gasteiger partial charge in [-0.1, -0.05) is 146 Å². The third-order valence-electron chi connectivity index (χ3n) is 10.4. The van der Waals surface area contributed by atoms with Gasteiger partial charge in [0.15, 0.2) is 0 Å². The average Bonchev–Trinajstić information content (AvgIpc) is 3.60. The van der Waals surface area contributed by atoms with E-state index in [0.717, 1.165) is 34.1 Å². The number of para-hydroxylation sites is 2. The predicted molar refractivity (Wildman–Crippen MR) is 237 cm³/mol. The van der Waals surface area contributed by atoms with Crippen molar-refractivity contribution in [2.24, 2.45) is 0 Å². The molecule has 0 unspecified atom stereocenters. The van der Waals surface area contributed by atoms with Gasteiger partial charge in [0.2, 0.25) is 0 Å². The zero-order valence-electron chi connectivity index (χ0n) is 30.1. The Balaban J connectivity index is 1.29. The molecule has 3 heteroatoms. The maximum absolute atomic E-state index is 2.43. The predicted octanol–water partition coefficient (Wildman–Crippen LogP) is 15.5. The Bertz CT molecular complexity index is 2920. The van der Waals surface area contributed by atoms with Gasteiger partial charge in [-0.25, -0.2) is 0 Å². The lowest BCUT2D eigenvalue weighted by molar-refractivity contribution is 1.23. The highest BCUT2D eigenvalue weighted by Gasteiger charge is 2.25. The van der Waals surface area contributed by atoms with Crippen molar-refractivity contribution in [2.45, 2.75) is 0 Å². The zero-order chi connectivity index (χ0) is 36.6. The van der Waals surface area contributed by atoms with Crippen molar-refractivity contribution in [3.63, 3.8) is 0 Å². The largest absolute Gasteiger partial charge is 0.308 e. The van der Waals surface area contributed by atoms with Gasteiger partial charge in [0.1, 0.15) is 0 Å². The standard InChI is InChI=1S/C52H36N2S/c1-5-17-37(18-6-1)39-23-15-29-45(31-39)53(43-25-9-3-10-26-43)49-35-48-47-33-41-21-13-14-22-42(41)34-51(47)55-52(48)36-50(49)54(44-27-11-4-12-28-44)46-30-16-24-40(32-46)38-19-7-2-8-20-38/h1-36H. The van der Waals surface area contributed by atoms with E-state index in [-0.39, 0.29) is 0 Å². The van der Waals surface area contributed by atoms with Gasteiger partial charge in [-0.05, 0) is 106 Å². The fourth-order valence-corrected chi connectivity index (χ4v) is 8.91. The highest BCUT2D eigenvalue weighted by molar-refractivity contribution is 7.26. The Morgan fingerprint density at radius 2 is 0.655 bits per heavy atom. The van der Waals surface area contributed by atoms with Crippen LogP contribution in [0.25, 0.3) is 53.2 Å². The van der Waals surface area contributed by atoms with Crippen LogP contribution >= 0.6 is 11.3 Å². The summed E-state index contributed by atoms with van der Waals surface area (Å²) in [5.41, 5.74) is 11.3. The van der Waals surface area contributed by atoms with Crippen LogP contribution in [0.1, 0.15) is 0 Å². The molecule has 1 aromatic heterocycles. The Kier molecular flexibility index (Phi) is 8.40. The highest BCUT2D eigenvalue weighted by Crippen LogP contribution is 2.50. The molecule has 0 atom stereocenters. The summed E-state index contributed by atoms with van der Waals surface area (Å²) in [6.07, 6.45) is 0. The lowest BCUT2D eigenvalue weighted by Crippen LogP contribution is -2.17. The first-order chi connectivity index (χ1) is 27.3. The van der Waals surface area contributed by atoms with Crippen molar-refractivity contribution in [2.75, 3.05) is 9.80 Å². The fourth-order valence-electron chi connectivity index (χ4n) is 7.76. The molecule has 0 aliphatic heterocycles. The van der Waals surface area contributed by atoms with Crippen LogP contribution in [0.5, 0.6) is 0 Å². The first-order valence-electron chi connectivity index (χ1n) is 18.7. The molecule has 0 saturated carbocycles. The minimum Gasteiger partial charge on any atom is -0.308 e. The van der Waals surface area contributed by atoms with E-state index in [1.165, 1.54) is 53.2 Å². The van der Waals surface area contributed by atoms with E-state index in [2.05, 4.69) is 228 Å². The van der Waals surface area contributed by atoms with E-state index < -0.39 is 0 Å². The van der Waals surface area contributed by atoms with Gasteiger partial charge in [0.05, 0.1) is 11.4 Å². The van der Waals surface area contributed by atoms with E-state index in [1.807, 2.05) is 11.3 Å². The minimum absolute atomic E-state index is 1.09. The Morgan fingerprint density at radius 1 is 0.273 bits per heavy atom. The zero-order valence-corrected chi connectivity index (χ0v) is 30.9. The number of hydrogen-bond donors (Lipinski definition) is 0. The summed E-state index contributed by atoms with van der Waals surface area (Å²) in [6.45, 7) is 0. The van der Waals surface area contributed by atoms with Crippen LogP contribution in [-0.4, -0.2) is 0 Å². The van der Waals surface area contributed by atoms with Crippen molar-refractivity contribution in [1.82, 2.24) is 0 Å². The van der Waals surface area contributed by atoms with E-state index in [1.54, 1.807) is 0 Å². The van der Waals surface area contributed by atoms with Gasteiger partial charge in [-0.2, -0.15) is 0 Å². The van der Waals surface area contributed by atoms with Crippen LogP contribution in [0.15, 0.2) is 218 Å². The van der Waals surface area contributed by atoms with Gasteiger partial charge < -0.3 is 9.80 Å². The molecule has 0 amide bonds. The van der Waals surface area contributed by atoms with Crippen LogP contribution in [-0.2, 0) is 0 Å². The fraction of sp³-hybridized carbons (Fsp3) is 0. The molecule has 10 rings (SSSR count). The third kappa shape index (κ3) is 6.21.